The van der Waals surface area contributed by atoms with Crippen molar-refractivity contribution in [3.05, 3.63) is 18.2 Å². The lowest BCUT2D eigenvalue weighted by Gasteiger charge is -2.31. The van der Waals surface area contributed by atoms with Gasteiger partial charge in [-0.1, -0.05) is 0 Å². The second-order valence-corrected chi connectivity index (χ2v) is 4.48. The van der Waals surface area contributed by atoms with E-state index in [0.717, 1.165) is 38.3 Å². The molecule has 17 heavy (non-hydrogen) atoms. The summed E-state index contributed by atoms with van der Waals surface area (Å²) in [5.41, 5.74) is 0. The van der Waals surface area contributed by atoms with Crippen LogP contribution in [0.25, 0.3) is 0 Å². The molecule has 1 aromatic rings. The van der Waals surface area contributed by atoms with Gasteiger partial charge in [0.25, 0.3) is 0 Å². The van der Waals surface area contributed by atoms with Crippen LogP contribution in [0.4, 0.5) is 0 Å². The van der Waals surface area contributed by atoms with Gasteiger partial charge >= 0.3 is 0 Å². The van der Waals surface area contributed by atoms with Gasteiger partial charge in [0.05, 0.1) is 0 Å². The summed E-state index contributed by atoms with van der Waals surface area (Å²) < 4.78 is 0. The number of aromatic amines is 1. The zero-order chi connectivity index (χ0) is 12.1. The third kappa shape index (κ3) is 3.06. The molecule has 0 aliphatic carbocycles. The van der Waals surface area contributed by atoms with E-state index in [-0.39, 0.29) is 5.91 Å². The van der Waals surface area contributed by atoms with Crippen LogP contribution in [0.3, 0.4) is 0 Å². The Hall–Kier alpha value is -1.36. The minimum Gasteiger partial charge on any atom is -0.348 e. The first kappa shape index (κ1) is 12.1. The monoisotopic (exact) mass is 236 g/mol. The molecule has 1 aromatic heterocycles. The van der Waals surface area contributed by atoms with Crippen molar-refractivity contribution in [1.82, 2.24) is 20.2 Å². The van der Waals surface area contributed by atoms with Crippen molar-refractivity contribution in [2.24, 2.45) is 0 Å². The van der Waals surface area contributed by atoms with Crippen LogP contribution in [-0.4, -0.2) is 47.5 Å². The lowest BCUT2D eigenvalue weighted by atomic mass is 9.96. The van der Waals surface area contributed by atoms with Gasteiger partial charge < -0.3 is 15.2 Å². The molecule has 0 aromatic carbocycles. The van der Waals surface area contributed by atoms with E-state index in [1.807, 2.05) is 18.1 Å². The van der Waals surface area contributed by atoms with E-state index in [9.17, 15) is 4.79 Å². The van der Waals surface area contributed by atoms with Crippen LogP contribution in [-0.2, 0) is 4.79 Å². The van der Waals surface area contributed by atoms with Crippen molar-refractivity contribution < 1.29 is 4.79 Å². The second-order valence-electron chi connectivity index (χ2n) is 4.48. The molecular formula is C12H20N4O. The molecule has 1 aliphatic rings. The van der Waals surface area contributed by atoms with Gasteiger partial charge in [-0.25, -0.2) is 4.98 Å². The number of H-pyrrole nitrogens is 1. The number of likely N-dealkylation sites (tertiary alicyclic amines) is 1. The van der Waals surface area contributed by atoms with E-state index in [1.165, 1.54) is 0 Å². The summed E-state index contributed by atoms with van der Waals surface area (Å²) >= 11 is 0. The quantitative estimate of drug-likeness (QED) is 0.810. The van der Waals surface area contributed by atoms with Gasteiger partial charge in [0.1, 0.15) is 5.82 Å². The van der Waals surface area contributed by atoms with E-state index in [0.29, 0.717) is 12.3 Å². The normalized spacial score (nSPS) is 17.4. The molecule has 1 amide bonds. The number of rotatable bonds is 4. The van der Waals surface area contributed by atoms with E-state index < -0.39 is 0 Å². The van der Waals surface area contributed by atoms with Crippen LogP contribution < -0.4 is 5.32 Å². The predicted octanol–water partition coefficient (Wildman–Crippen LogP) is 0.725. The Morgan fingerprint density at radius 1 is 1.59 bits per heavy atom. The standard InChI is InChI=1S/C12H20N4O/c1-13-5-2-11(17)16-8-3-10(4-9-16)12-14-6-7-15-12/h6-7,10,13H,2-5,8-9H2,1H3,(H,14,15). The Morgan fingerprint density at radius 3 is 2.94 bits per heavy atom. The number of amides is 1. The number of hydrogen-bond donors (Lipinski definition) is 2. The Balaban J connectivity index is 1.80. The van der Waals surface area contributed by atoms with Gasteiger partial charge in [-0.3, -0.25) is 4.79 Å². The molecule has 2 N–H and O–H groups in total. The fourth-order valence-corrected chi connectivity index (χ4v) is 2.29. The molecule has 0 radical (unpaired) electrons. The van der Waals surface area contributed by atoms with Gasteiger partial charge in [-0.15, -0.1) is 0 Å². The number of piperidine rings is 1. The summed E-state index contributed by atoms with van der Waals surface area (Å²) in [6, 6.07) is 0. The number of imidazole rings is 1. The molecule has 0 spiro atoms. The zero-order valence-electron chi connectivity index (χ0n) is 10.3. The van der Waals surface area contributed by atoms with Gasteiger partial charge in [-0.2, -0.15) is 0 Å². The minimum atomic E-state index is 0.261. The maximum atomic E-state index is 11.8. The van der Waals surface area contributed by atoms with E-state index in [4.69, 9.17) is 0 Å². The van der Waals surface area contributed by atoms with Gasteiger partial charge in [0.15, 0.2) is 0 Å². The number of nitrogens with one attached hydrogen (secondary N) is 2. The first-order valence-electron chi connectivity index (χ1n) is 6.23. The molecule has 1 aliphatic heterocycles. The summed E-state index contributed by atoms with van der Waals surface area (Å²) in [5.74, 6) is 1.81. The smallest absolute Gasteiger partial charge is 0.223 e. The van der Waals surface area contributed by atoms with Crippen LogP contribution >= 0.6 is 0 Å². The third-order valence-corrected chi connectivity index (χ3v) is 3.34. The van der Waals surface area contributed by atoms with Crippen LogP contribution in [0.2, 0.25) is 0 Å². The average Bonchev–Trinajstić information content (AvgIpc) is 2.90. The number of hydrogen-bond acceptors (Lipinski definition) is 3. The van der Waals surface area contributed by atoms with Gasteiger partial charge in [-0.05, 0) is 19.9 Å². The number of carbonyl (C=O) groups excluding carboxylic acids is 1. The maximum Gasteiger partial charge on any atom is 0.223 e. The molecule has 0 saturated carbocycles. The molecule has 0 unspecified atom stereocenters. The minimum absolute atomic E-state index is 0.261. The van der Waals surface area contributed by atoms with Crippen LogP contribution in [0.1, 0.15) is 31.0 Å². The maximum absolute atomic E-state index is 11.8. The topological polar surface area (TPSA) is 61.0 Å². The van der Waals surface area contributed by atoms with Crippen molar-refractivity contribution in [3.63, 3.8) is 0 Å². The number of aromatic nitrogens is 2. The lowest BCUT2D eigenvalue weighted by molar-refractivity contribution is -0.132. The van der Waals surface area contributed by atoms with E-state index >= 15 is 0 Å². The highest BCUT2D eigenvalue weighted by Crippen LogP contribution is 2.25. The summed E-state index contributed by atoms with van der Waals surface area (Å²) in [4.78, 5) is 21.2. The first-order valence-corrected chi connectivity index (χ1v) is 6.23. The average molecular weight is 236 g/mol. The van der Waals surface area contributed by atoms with Crippen molar-refractivity contribution in [2.45, 2.75) is 25.2 Å². The molecule has 0 atom stereocenters. The van der Waals surface area contributed by atoms with Crippen molar-refractivity contribution in [1.29, 1.82) is 0 Å². The van der Waals surface area contributed by atoms with Gasteiger partial charge in [0.2, 0.25) is 5.91 Å². The Labute approximate surface area is 102 Å². The number of nitrogens with zero attached hydrogens (tertiary/aromatic N) is 2. The highest BCUT2D eigenvalue weighted by molar-refractivity contribution is 5.76. The third-order valence-electron chi connectivity index (χ3n) is 3.34. The van der Waals surface area contributed by atoms with Crippen LogP contribution in [0.5, 0.6) is 0 Å². The molecule has 5 heteroatoms. The predicted molar refractivity (Wildman–Crippen MR) is 65.7 cm³/mol. The van der Waals surface area contributed by atoms with Gasteiger partial charge in [0, 0.05) is 44.4 Å². The van der Waals surface area contributed by atoms with Crippen molar-refractivity contribution in [3.8, 4) is 0 Å². The molecule has 1 saturated heterocycles. The highest BCUT2D eigenvalue weighted by atomic mass is 16.2. The number of carbonyl (C=O) groups is 1. The molecule has 94 valence electrons. The van der Waals surface area contributed by atoms with E-state index in [2.05, 4.69) is 15.3 Å². The summed E-state index contributed by atoms with van der Waals surface area (Å²) in [7, 11) is 1.87. The highest BCUT2D eigenvalue weighted by Gasteiger charge is 2.24. The Kier molecular flexibility index (Phi) is 4.14. The first-order chi connectivity index (χ1) is 8.31. The molecule has 0 bridgehead atoms. The van der Waals surface area contributed by atoms with Crippen molar-refractivity contribution >= 4 is 5.91 Å². The SMILES string of the molecule is CNCCC(=O)N1CCC(c2ncc[nH]2)CC1. The summed E-state index contributed by atoms with van der Waals surface area (Å²) in [6.45, 7) is 2.47. The zero-order valence-corrected chi connectivity index (χ0v) is 10.3. The van der Waals surface area contributed by atoms with E-state index in [1.54, 1.807) is 6.20 Å². The molecule has 5 nitrogen and oxygen atoms in total. The molecular weight excluding hydrogens is 216 g/mol. The van der Waals surface area contributed by atoms with Crippen LogP contribution in [0.15, 0.2) is 12.4 Å². The van der Waals surface area contributed by atoms with Crippen LogP contribution in [0, 0.1) is 0 Å². The lowest BCUT2D eigenvalue weighted by Crippen LogP contribution is -2.39. The summed E-state index contributed by atoms with van der Waals surface area (Å²) in [5, 5.41) is 3.01. The molecule has 2 heterocycles. The Morgan fingerprint density at radius 2 is 2.35 bits per heavy atom. The molecule has 2 rings (SSSR count). The second kappa shape index (κ2) is 5.82. The Bertz CT molecular complexity index is 341. The fourth-order valence-electron chi connectivity index (χ4n) is 2.29. The fraction of sp³-hybridized carbons (Fsp3) is 0.667. The summed E-state index contributed by atoms with van der Waals surface area (Å²) in [6.07, 6.45) is 6.28. The largest absolute Gasteiger partial charge is 0.348 e. The molecule has 1 fully saturated rings. The van der Waals surface area contributed by atoms with Crippen molar-refractivity contribution in [2.75, 3.05) is 26.7 Å².